The van der Waals surface area contributed by atoms with E-state index in [9.17, 15) is 26.4 Å². The minimum absolute atomic E-state index is 0.00671. The molecule has 1 aromatic carbocycles. The first-order valence-corrected chi connectivity index (χ1v) is 12.0. The molecule has 2 aromatic rings. The fourth-order valence-corrected chi connectivity index (χ4v) is 6.57. The molecule has 0 saturated carbocycles. The molecular weight excluding hydrogens is 469 g/mol. The Balaban J connectivity index is 1.90. The number of halogens is 3. The van der Waals surface area contributed by atoms with Crippen LogP contribution in [0.3, 0.4) is 0 Å². The largest absolute Gasteiger partial charge is 0.465 e. The lowest BCUT2D eigenvalue weighted by Gasteiger charge is -2.28. The van der Waals surface area contributed by atoms with Crippen molar-refractivity contribution in [3.8, 4) is 0 Å². The van der Waals surface area contributed by atoms with Crippen LogP contribution in [0.25, 0.3) is 0 Å². The van der Waals surface area contributed by atoms with Crippen molar-refractivity contribution < 1.29 is 35.9 Å². The van der Waals surface area contributed by atoms with Crippen LogP contribution in [-0.2, 0) is 45.2 Å². The molecule has 2 heterocycles. The molecule has 1 aromatic heterocycles. The van der Waals surface area contributed by atoms with Crippen LogP contribution in [0.5, 0.6) is 0 Å². The zero-order chi connectivity index (χ0) is 23.5. The van der Waals surface area contributed by atoms with E-state index in [2.05, 4.69) is 4.72 Å². The number of nitrogens with zero attached hydrogens (tertiary/aromatic N) is 1. The summed E-state index contributed by atoms with van der Waals surface area (Å²) in [6.07, 6.45) is -4.15. The molecule has 32 heavy (non-hydrogen) atoms. The normalized spacial score (nSPS) is 14.9. The van der Waals surface area contributed by atoms with Gasteiger partial charge in [0.25, 0.3) is 10.0 Å². The predicted molar refractivity (Wildman–Crippen MR) is 112 cm³/mol. The molecule has 0 aliphatic carbocycles. The van der Waals surface area contributed by atoms with Crippen molar-refractivity contribution >= 4 is 27.3 Å². The van der Waals surface area contributed by atoms with E-state index in [0.717, 1.165) is 17.4 Å². The second-order valence-corrected chi connectivity index (χ2v) is 10.2. The number of carbonyl (C=O) groups excluding carboxylic acids is 1. The summed E-state index contributed by atoms with van der Waals surface area (Å²) in [4.78, 5) is 14.8. The van der Waals surface area contributed by atoms with E-state index in [1.54, 1.807) is 11.0 Å². The maximum Gasteiger partial charge on any atom is 0.416 e. The van der Waals surface area contributed by atoms with E-state index in [1.807, 2.05) is 0 Å². The minimum atomic E-state index is -4.46. The van der Waals surface area contributed by atoms with Crippen molar-refractivity contribution in [3.63, 3.8) is 0 Å². The number of esters is 1. The quantitative estimate of drug-likeness (QED) is 0.451. The van der Waals surface area contributed by atoms with Gasteiger partial charge in [-0.05, 0) is 23.6 Å². The van der Waals surface area contributed by atoms with Gasteiger partial charge in [-0.15, -0.1) is 11.3 Å². The van der Waals surface area contributed by atoms with Crippen molar-refractivity contribution in [1.29, 1.82) is 0 Å². The minimum Gasteiger partial charge on any atom is -0.465 e. The van der Waals surface area contributed by atoms with E-state index >= 15 is 0 Å². The van der Waals surface area contributed by atoms with Gasteiger partial charge < -0.3 is 9.47 Å². The molecule has 1 aliphatic rings. The Morgan fingerprint density at radius 3 is 2.62 bits per heavy atom. The zero-order valence-electron chi connectivity index (χ0n) is 17.5. The molecule has 176 valence electrons. The molecule has 0 unspecified atom stereocenters. The van der Waals surface area contributed by atoms with E-state index in [0.29, 0.717) is 23.4 Å². The molecular formula is C20H23F3N2O5S2. The third-order valence-corrected chi connectivity index (χ3v) is 8.25. The number of rotatable bonds is 8. The second kappa shape index (κ2) is 9.87. The summed E-state index contributed by atoms with van der Waals surface area (Å²) in [6.45, 7) is 0.835. The highest BCUT2D eigenvalue weighted by Crippen LogP contribution is 2.38. The molecule has 1 N–H and O–H groups in total. The van der Waals surface area contributed by atoms with Gasteiger partial charge in [0.05, 0.1) is 24.8 Å². The molecule has 0 bridgehead atoms. The third kappa shape index (κ3) is 5.31. The molecule has 0 amide bonds. The van der Waals surface area contributed by atoms with Gasteiger partial charge in [0.2, 0.25) is 0 Å². The number of hydrogen-bond acceptors (Lipinski definition) is 7. The Morgan fingerprint density at radius 2 is 1.97 bits per heavy atom. The first-order chi connectivity index (χ1) is 15.1. The number of alkyl halides is 3. The van der Waals surface area contributed by atoms with Crippen LogP contribution in [0.2, 0.25) is 0 Å². The lowest BCUT2D eigenvalue weighted by molar-refractivity contribution is -0.138. The monoisotopic (exact) mass is 492 g/mol. The van der Waals surface area contributed by atoms with E-state index in [1.165, 1.54) is 26.4 Å². The highest BCUT2D eigenvalue weighted by atomic mass is 32.2. The Bertz CT molecular complexity index is 1080. The fraction of sp³-hybridized carbons (Fsp3) is 0.450. The van der Waals surface area contributed by atoms with Crippen molar-refractivity contribution in [2.45, 2.75) is 29.9 Å². The number of ether oxygens (including phenoxy) is 2. The number of nitrogens with one attached hydrogen (secondary N) is 1. The van der Waals surface area contributed by atoms with Gasteiger partial charge in [-0.3, -0.25) is 4.90 Å². The molecule has 1 aliphatic heterocycles. The van der Waals surface area contributed by atoms with E-state index in [4.69, 9.17) is 9.47 Å². The van der Waals surface area contributed by atoms with Crippen molar-refractivity contribution in [2.24, 2.45) is 0 Å². The van der Waals surface area contributed by atoms with Crippen LogP contribution in [0.15, 0.2) is 28.5 Å². The lowest BCUT2D eigenvalue weighted by atomic mass is 10.0. The van der Waals surface area contributed by atoms with Gasteiger partial charge >= 0.3 is 12.1 Å². The zero-order valence-corrected chi connectivity index (χ0v) is 19.1. The average molecular weight is 493 g/mol. The predicted octanol–water partition coefficient (Wildman–Crippen LogP) is 3.04. The van der Waals surface area contributed by atoms with Crippen LogP contribution in [0.4, 0.5) is 13.2 Å². The van der Waals surface area contributed by atoms with Gasteiger partial charge in [0.1, 0.15) is 4.21 Å². The third-order valence-electron chi connectivity index (χ3n) is 5.05. The SMILES string of the molecule is COCCNS(=O)(=O)c1sc2c(c1C(=O)OC)CCN(Cc1ccccc1C(F)(F)F)C2. The molecule has 0 atom stereocenters. The number of methoxy groups -OCH3 is 2. The first-order valence-electron chi connectivity index (χ1n) is 9.67. The molecule has 12 heteroatoms. The summed E-state index contributed by atoms with van der Waals surface area (Å²) in [6, 6.07) is 5.37. The number of carbonyl (C=O) groups is 1. The summed E-state index contributed by atoms with van der Waals surface area (Å²) in [7, 11) is -1.39. The maximum absolute atomic E-state index is 13.3. The molecule has 0 spiro atoms. The number of sulfonamides is 1. The lowest BCUT2D eigenvalue weighted by Crippen LogP contribution is -2.31. The first kappa shape index (κ1) is 24.6. The van der Waals surface area contributed by atoms with Gasteiger partial charge in [-0.1, -0.05) is 18.2 Å². The average Bonchev–Trinajstić information content (AvgIpc) is 3.13. The Labute approximate surface area is 188 Å². The second-order valence-electron chi connectivity index (χ2n) is 7.16. The standard InChI is InChI=1S/C20H23F3N2O5S2/c1-29-10-8-24-32(27,28)19-17(18(26)30-2)14-7-9-25(12-16(14)31-19)11-13-5-3-4-6-15(13)20(21,22)23/h3-6,24H,7-12H2,1-2H3. The highest BCUT2D eigenvalue weighted by Gasteiger charge is 2.36. The molecule has 7 nitrogen and oxygen atoms in total. The number of hydrogen-bond donors (Lipinski definition) is 1. The van der Waals surface area contributed by atoms with Crippen LogP contribution < -0.4 is 4.72 Å². The molecule has 0 saturated heterocycles. The highest BCUT2D eigenvalue weighted by molar-refractivity contribution is 7.91. The van der Waals surface area contributed by atoms with Gasteiger partial charge in [0.15, 0.2) is 0 Å². The Morgan fingerprint density at radius 1 is 1.25 bits per heavy atom. The smallest absolute Gasteiger partial charge is 0.416 e. The van der Waals surface area contributed by atoms with E-state index < -0.39 is 27.7 Å². The van der Waals surface area contributed by atoms with Crippen LogP contribution in [-0.4, -0.2) is 53.2 Å². The molecule has 3 rings (SSSR count). The maximum atomic E-state index is 13.3. The summed E-state index contributed by atoms with van der Waals surface area (Å²) >= 11 is 0.939. The van der Waals surface area contributed by atoms with Crippen molar-refractivity contribution in [2.75, 3.05) is 33.9 Å². The van der Waals surface area contributed by atoms with Gasteiger partial charge in [-0.25, -0.2) is 17.9 Å². The number of fused-ring (bicyclic) bond motifs is 1. The fourth-order valence-electron chi connectivity index (χ4n) is 3.58. The summed E-state index contributed by atoms with van der Waals surface area (Å²) in [5.41, 5.74) is 0.00203. The van der Waals surface area contributed by atoms with Gasteiger partial charge in [0, 0.05) is 38.2 Å². The topological polar surface area (TPSA) is 84.9 Å². The summed E-state index contributed by atoms with van der Waals surface area (Å²) < 4.78 is 77.5. The molecule has 0 fully saturated rings. The van der Waals surface area contributed by atoms with Crippen LogP contribution in [0.1, 0.15) is 31.9 Å². The van der Waals surface area contributed by atoms with E-state index in [-0.39, 0.29) is 41.6 Å². The number of benzene rings is 1. The summed E-state index contributed by atoms with van der Waals surface area (Å²) in [5.74, 6) is -0.759. The van der Waals surface area contributed by atoms with Crippen LogP contribution in [0, 0.1) is 0 Å². The van der Waals surface area contributed by atoms with Crippen molar-refractivity contribution in [1.82, 2.24) is 9.62 Å². The van der Waals surface area contributed by atoms with Crippen molar-refractivity contribution in [3.05, 3.63) is 51.4 Å². The number of thiophene rings is 1. The Kier molecular flexibility index (Phi) is 7.61. The Hall–Kier alpha value is -1.99. The summed E-state index contributed by atoms with van der Waals surface area (Å²) in [5, 5.41) is 0. The van der Waals surface area contributed by atoms with Gasteiger partial charge in [-0.2, -0.15) is 13.2 Å². The molecule has 0 radical (unpaired) electrons. The van der Waals surface area contributed by atoms with Crippen LogP contribution >= 0.6 is 11.3 Å².